The van der Waals surface area contributed by atoms with Crippen molar-refractivity contribution in [2.45, 2.75) is 45.8 Å². The fourth-order valence-electron chi connectivity index (χ4n) is 2.92. The van der Waals surface area contributed by atoms with Crippen molar-refractivity contribution in [3.05, 3.63) is 52.8 Å². The summed E-state index contributed by atoms with van der Waals surface area (Å²) in [6.07, 6.45) is 2.24. The van der Waals surface area contributed by atoms with Crippen molar-refractivity contribution >= 4 is 0 Å². The molecule has 2 N–H and O–H groups in total. The van der Waals surface area contributed by atoms with E-state index in [1.807, 2.05) is 29.9 Å². The van der Waals surface area contributed by atoms with Gasteiger partial charge < -0.3 is 10.4 Å². The Labute approximate surface area is 133 Å². The average molecular weight is 301 g/mol. The average Bonchev–Trinajstić information content (AvgIpc) is 2.83. The standard InChI is InChI=1S/C18H27N3O/c1-4-17-16(18(5-2)21(3)20-17)13-19-12-15(22)11-14-9-7-6-8-10-14/h6-10,15,19,22H,4-5,11-13H2,1-3H3. The van der Waals surface area contributed by atoms with Crippen LogP contribution in [0.2, 0.25) is 0 Å². The Balaban J connectivity index is 1.88. The van der Waals surface area contributed by atoms with Gasteiger partial charge in [-0.3, -0.25) is 4.68 Å². The molecule has 0 aliphatic heterocycles. The Morgan fingerprint density at radius 3 is 2.55 bits per heavy atom. The van der Waals surface area contributed by atoms with E-state index in [4.69, 9.17) is 0 Å². The zero-order valence-electron chi connectivity index (χ0n) is 13.8. The van der Waals surface area contributed by atoms with E-state index < -0.39 is 0 Å². The Bertz CT molecular complexity index is 578. The van der Waals surface area contributed by atoms with Gasteiger partial charge in [-0.15, -0.1) is 0 Å². The lowest BCUT2D eigenvalue weighted by Crippen LogP contribution is -2.28. The number of aryl methyl sites for hydroxylation is 2. The number of benzene rings is 1. The molecule has 0 aliphatic carbocycles. The summed E-state index contributed by atoms with van der Waals surface area (Å²) in [6, 6.07) is 10.1. The van der Waals surface area contributed by atoms with Gasteiger partial charge in [0.1, 0.15) is 0 Å². The molecular formula is C18H27N3O. The van der Waals surface area contributed by atoms with Crippen LogP contribution in [0.15, 0.2) is 30.3 Å². The third-order valence-corrected chi connectivity index (χ3v) is 4.02. The number of nitrogens with one attached hydrogen (secondary N) is 1. The summed E-state index contributed by atoms with van der Waals surface area (Å²) in [7, 11) is 2.01. The van der Waals surface area contributed by atoms with Gasteiger partial charge in [-0.25, -0.2) is 0 Å². The molecule has 4 heteroatoms. The third kappa shape index (κ3) is 4.18. The van der Waals surface area contributed by atoms with Gasteiger partial charge in [-0.2, -0.15) is 5.10 Å². The molecule has 120 valence electrons. The summed E-state index contributed by atoms with van der Waals surface area (Å²) in [5.74, 6) is 0. The quantitative estimate of drug-likeness (QED) is 0.786. The largest absolute Gasteiger partial charge is 0.391 e. The molecule has 1 atom stereocenters. The lowest BCUT2D eigenvalue weighted by Gasteiger charge is -2.13. The first kappa shape index (κ1) is 16.7. The molecule has 0 radical (unpaired) electrons. The van der Waals surface area contributed by atoms with E-state index in [-0.39, 0.29) is 6.10 Å². The molecule has 0 amide bonds. The molecule has 2 aromatic rings. The van der Waals surface area contributed by atoms with Crippen LogP contribution in [0.1, 0.15) is 36.4 Å². The SMILES string of the molecule is CCc1nn(C)c(CC)c1CNCC(O)Cc1ccccc1. The minimum Gasteiger partial charge on any atom is -0.391 e. The number of nitrogens with zero attached hydrogens (tertiary/aromatic N) is 2. The second-order valence-corrected chi connectivity index (χ2v) is 5.68. The van der Waals surface area contributed by atoms with Crippen molar-refractivity contribution in [1.29, 1.82) is 0 Å². The molecule has 22 heavy (non-hydrogen) atoms. The second-order valence-electron chi connectivity index (χ2n) is 5.68. The summed E-state index contributed by atoms with van der Waals surface area (Å²) in [4.78, 5) is 0. The third-order valence-electron chi connectivity index (χ3n) is 4.02. The number of hydrogen-bond acceptors (Lipinski definition) is 3. The summed E-state index contributed by atoms with van der Waals surface area (Å²) >= 11 is 0. The highest BCUT2D eigenvalue weighted by atomic mass is 16.3. The van der Waals surface area contributed by atoms with E-state index in [0.29, 0.717) is 13.0 Å². The van der Waals surface area contributed by atoms with Crippen molar-refractivity contribution in [3.8, 4) is 0 Å². The maximum Gasteiger partial charge on any atom is 0.0704 e. The molecule has 1 aromatic carbocycles. The zero-order valence-corrected chi connectivity index (χ0v) is 13.8. The van der Waals surface area contributed by atoms with E-state index in [9.17, 15) is 5.11 Å². The predicted octanol–water partition coefficient (Wildman–Crippen LogP) is 2.24. The first-order valence-electron chi connectivity index (χ1n) is 8.12. The number of aromatic nitrogens is 2. The Morgan fingerprint density at radius 1 is 1.18 bits per heavy atom. The molecule has 0 bridgehead atoms. The Morgan fingerprint density at radius 2 is 1.91 bits per heavy atom. The van der Waals surface area contributed by atoms with Gasteiger partial charge in [0.25, 0.3) is 0 Å². The first-order valence-corrected chi connectivity index (χ1v) is 8.12. The van der Waals surface area contributed by atoms with Crippen molar-refractivity contribution in [2.75, 3.05) is 6.54 Å². The smallest absolute Gasteiger partial charge is 0.0704 e. The molecule has 0 fully saturated rings. The van der Waals surface area contributed by atoms with Crippen LogP contribution in [-0.4, -0.2) is 27.5 Å². The molecule has 0 saturated carbocycles. The summed E-state index contributed by atoms with van der Waals surface area (Å²) in [5, 5.41) is 18.1. The Kier molecular flexibility index (Phi) is 6.16. The summed E-state index contributed by atoms with van der Waals surface area (Å²) in [5.41, 5.74) is 4.90. The minimum atomic E-state index is -0.366. The van der Waals surface area contributed by atoms with Crippen LogP contribution in [0.25, 0.3) is 0 Å². The van der Waals surface area contributed by atoms with Gasteiger partial charge in [-0.1, -0.05) is 44.2 Å². The van der Waals surface area contributed by atoms with Crippen molar-refractivity contribution in [1.82, 2.24) is 15.1 Å². The van der Waals surface area contributed by atoms with Gasteiger partial charge in [0.05, 0.1) is 11.8 Å². The molecule has 2 rings (SSSR count). The number of aliphatic hydroxyl groups is 1. The molecule has 0 aliphatic rings. The fourth-order valence-corrected chi connectivity index (χ4v) is 2.92. The molecule has 1 aromatic heterocycles. The highest BCUT2D eigenvalue weighted by Gasteiger charge is 2.13. The fraction of sp³-hybridized carbons (Fsp3) is 0.500. The second kappa shape index (κ2) is 8.11. The van der Waals surface area contributed by atoms with Crippen LogP contribution >= 0.6 is 0 Å². The normalized spacial score (nSPS) is 12.5. The Hall–Kier alpha value is -1.65. The van der Waals surface area contributed by atoms with Crippen LogP contribution in [0, 0.1) is 0 Å². The minimum absolute atomic E-state index is 0.366. The highest BCUT2D eigenvalue weighted by Crippen LogP contribution is 2.15. The summed E-state index contributed by atoms with van der Waals surface area (Å²) < 4.78 is 1.98. The molecular weight excluding hydrogens is 274 g/mol. The maximum absolute atomic E-state index is 10.2. The molecule has 4 nitrogen and oxygen atoms in total. The monoisotopic (exact) mass is 301 g/mol. The molecule has 0 saturated heterocycles. The van der Waals surface area contributed by atoms with Crippen molar-refractivity contribution in [2.24, 2.45) is 7.05 Å². The van der Waals surface area contributed by atoms with E-state index in [1.54, 1.807) is 0 Å². The molecule has 1 unspecified atom stereocenters. The molecule has 0 spiro atoms. The van der Waals surface area contributed by atoms with Gasteiger partial charge in [-0.05, 0) is 24.8 Å². The van der Waals surface area contributed by atoms with E-state index in [1.165, 1.54) is 16.8 Å². The molecule has 1 heterocycles. The summed E-state index contributed by atoms with van der Waals surface area (Å²) in [6.45, 7) is 5.65. The number of hydrogen-bond donors (Lipinski definition) is 2. The van der Waals surface area contributed by atoms with E-state index in [2.05, 4.69) is 36.4 Å². The first-order chi connectivity index (χ1) is 10.7. The lowest BCUT2D eigenvalue weighted by atomic mass is 10.1. The van der Waals surface area contributed by atoms with Crippen LogP contribution in [-0.2, 0) is 32.9 Å². The highest BCUT2D eigenvalue weighted by molar-refractivity contribution is 5.26. The van der Waals surface area contributed by atoms with E-state index in [0.717, 1.165) is 25.1 Å². The topological polar surface area (TPSA) is 50.1 Å². The lowest BCUT2D eigenvalue weighted by molar-refractivity contribution is 0.171. The van der Waals surface area contributed by atoms with Crippen molar-refractivity contribution in [3.63, 3.8) is 0 Å². The van der Waals surface area contributed by atoms with Crippen LogP contribution < -0.4 is 5.32 Å². The van der Waals surface area contributed by atoms with Crippen LogP contribution in [0.5, 0.6) is 0 Å². The van der Waals surface area contributed by atoms with Gasteiger partial charge in [0, 0.05) is 31.4 Å². The van der Waals surface area contributed by atoms with Crippen LogP contribution in [0.3, 0.4) is 0 Å². The zero-order chi connectivity index (χ0) is 15.9. The maximum atomic E-state index is 10.2. The number of rotatable bonds is 8. The number of aliphatic hydroxyl groups excluding tert-OH is 1. The predicted molar refractivity (Wildman–Crippen MR) is 89.8 cm³/mol. The van der Waals surface area contributed by atoms with Gasteiger partial charge in [0.15, 0.2) is 0 Å². The van der Waals surface area contributed by atoms with Gasteiger partial charge in [0.2, 0.25) is 0 Å². The van der Waals surface area contributed by atoms with E-state index >= 15 is 0 Å². The van der Waals surface area contributed by atoms with Gasteiger partial charge >= 0.3 is 0 Å². The van der Waals surface area contributed by atoms with Crippen LogP contribution in [0.4, 0.5) is 0 Å². The van der Waals surface area contributed by atoms with Crippen molar-refractivity contribution < 1.29 is 5.11 Å².